The maximum Gasteiger partial charge on any atom is 0.251 e. The minimum absolute atomic E-state index is 0.0292. The van der Waals surface area contributed by atoms with Crippen molar-refractivity contribution in [3.63, 3.8) is 0 Å². The summed E-state index contributed by atoms with van der Waals surface area (Å²) in [5.41, 5.74) is 1.92. The lowest BCUT2D eigenvalue weighted by Crippen LogP contribution is -2.25. The van der Waals surface area contributed by atoms with Crippen LogP contribution < -0.4 is 5.32 Å². The summed E-state index contributed by atoms with van der Waals surface area (Å²) < 4.78 is 2.98. The third kappa shape index (κ3) is 3.47. The van der Waals surface area contributed by atoms with Crippen LogP contribution in [0.25, 0.3) is 0 Å². The molecule has 0 atom stereocenters. The van der Waals surface area contributed by atoms with E-state index < -0.39 is 0 Å². The molecule has 1 aromatic heterocycles. The highest BCUT2D eigenvalue weighted by Gasteiger charge is 2.04. The van der Waals surface area contributed by atoms with Crippen LogP contribution in [0.15, 0.2) is 47.2 Å². The average molecular weight is 307 g/mol. The van der Waals surface area contributed by atoms with Gasteiger partial charge in [0.05, 0.1) is 0 Å². The number of nitrogens with one attached hydrogen (secondary N) is 1. The Morgan fingerprint density at radius 3 is 2.61 bits per heavy atom. The zero-order valence-corrected chi connectivity index (χ0v) is 11.8. The van der Waals surface area contributed by atoms with Gasteiger partial charge in [-0.25, -0.2) is 0 Å². The fraction of sp³-hybridized carbons (Fsp3) is 0.214. The number of benzene rings is 1. The summed E-state index contributed by atoms with van der Waals surface area (Å²) in [6.07, 6.45) is 4.92. The van der Waals surface area contributed by atoms with Crippen LogP contribution >= 0.6 is 15.9 Å². The molecule has 0 saturated carbocycles. The van der Waals surface area contributed by atoms with Gasteiger partial charge in [0.2, 0.25) is 0 Å². The molecule has 2 rings (SSSR count). The predicted octanol–water partition coefficient (Wildman–Crippen LogP) is 2.76. The quantitative estimate of drug-likeness (QED) is 0.926. The van der Waals surface area contributed by atoms with Gasteiger partial charge in [-0.15, -0.1) is 0 Å². The summed E-state index contributed by atoms with van der Waals surface area (Å²) in [5.74, 6) is -0.0292. The van der Waals surface area contributed by atoms with Gasteiger partial charge in [0, 0.05) is 36.0 Å². The molecule has 4 heteroatoms. The molecule has 2 aromatic rings. The maximum atomic E-state index is 11.8. The molecule has 1 aromatic carbocycles. The second-order valence-corrected chi connectivity index (χ2v) is 5.11. The first-order valence-electron chi connectivity index (χ1n) is 5.80. The number of hydrogen-bond donors (Lipinski definition) is 1. The molecule has 0 aliphatic heterocycles. The Bertz CT molecular complexity index is 531. The third-order valence-electron chi connectivity index (χ3n) is 2.70. The number of hydrogen-bond acceptors (Lipinski definition) is 1. The van der Waals surface area contributed by atoms with Gasteiger partial charge >= 0.3 is 0 Å². The molecule has 1 amide bonds. The minimum Gasteiger partial charge on any atom is -0.357 e. The number of aromatic nitrogens is 1. The van der Waals surface area contributed by atoms with Gasteiger partial charge in [-0.05, 0) is 42.3 Å². The number of carbonyl (C=O) groups is 1. The van der Waals surface area contributed by atoms with Crippen LogP contribution in [-0.4, -0.2) is 17.0 Å². The van der Waals surface area contributed by atoms with E-state index in [2.05, 4.69) is 33.5 Å². The third-order valence-corrected chi connectivity index (χ3v) is 3.23. The summed E-state index contributed by atoms with van der Waals surface area (Å²) in [5, 5.41) is 2.91. The van der Waals surface area contributed by atoms with Crippen molar-refractivity contribution >= 4 is 21.8 Å². The molecule has 0 aliphatic rings. The van der Waals surface area contributed by atoms with Crippen molar-refractivity contribution in [3.8, 4) is 0 Å². The van der Waals surface area contributed by atoms with Crippen LogP contribution in [0.4, 0.5) is 0 Å². The fourth-order valence-electron chi connectivity index (χ4n) is 1.73. The Balaban J connectivity index is 1.83. The highest BCUT2D eigenvalue weighted by atomic mass is 79.9. The number of aryl methyl sites for hydroxylation is 1. The SMILES string of the molecule is Cn1ccc(CCNC(=O)c2ccc(Br)cc2)c1. The fourth-order valence-corrected chi connectivity index (χ4v) is 2.00. The number of carbonyl (C=O) groups excluding carboxylic acids is 1. The molecule has 0 unspecified atom stereocenters. The van der Waals surface area contributed by atoms with Gasteiger partial charge in [0.1, 0.15) is 0 Å². The molecule has 0 bridgehead atoms. The zero-order chi connectivity index (χ0) is 13.0. The Morgan fingerprint density at radius 1 is 1.28 bits per heavy atom. The summed E-state index contributed by atoms with van der Waals surface area (Å²) in [7, 11) is 1.99. The van der Waals surface area contributed by atoms with Crippen molar-refractivity contribution in [2.45, 2.75) is 6.42 Å². The van der Waals surface area contributed by atoms with E-state index in [1.54, 1.807) is 0 Å². The first-order chi connectivity index (χ1) is 8.65. The second-order valence-electron chi connectivity index (χ2n) is 4.20. The molecule has 18 heavy (non-hydrogen) atoms. The normalized spacial score (nSPS) is 10.3. The van der Waals surface area contributed by atoms with Crippen LogP contribution in [0.2, 0.25) is 0 Å². The van der Waals surface area contributed by atoms with Crippen LogP contribution in [0.1, 0.15) is 15.9 Å². The van der Waals surface area contributed by atoms with Crippen molar-refractivity contribution < 1.29 is 4.79 Å². The lowest BCUT2D eigenvalue weighted by molar-refractivity contribution is 0.0954. The first-order valence-corrected chi connectivity index (χ1v) is 6.59. The summed E-state index contributed by atoms with van der Waals surface area (Å²) >= 11 is 3.35. The predicted molar refractivity (Wildman–Crippen MR) is 75.6 cm³/mol. The molecule has 1 N–H and O–H groups in total. The first kappa shape index (κ1) is 12.9. The largest absolute Gasteiger partial charge is 0.357 e. The topological polar surface area (TPSA) is 34.0 Å². The van der Waals surface area contributed by atoms with Crippen molar-refractivity contribution in [2.24, 2.45) is 7.05 Å². The average Bonchev–Trinajstić information content (AvgIpc) is 2.76. The molecular weight excluding hydrogens is 292 g/mol. The number of nitrogens with zero attached hydrogens (tertiary/aromatic N) is 1. The number of halogens is 1. The van der Waals surface area contributed by atoms with Gasteiger partial charge in [-0.1, -0.05) is 15.9 Å². The number of amides is 1. The Labute approximate surface area is 115 Å². The molecule has 94 valence electrons. The second kappa shape index (κ2) is 5.87. The van der Waals surface area contributed by atoms with Crippen molar-refractivity contribution in [1.82, 2.24) is 9.88 Å². The lowest BCUT2D eigenvalue weighted by Gasteiger charge is -2.04. The zero-order valence-electron chi connectivity index (χ0n) is 10.2. The number of rotatable bonds is 4. The molecule has 0 fully saturated rings. The van der Waals surface area contributed by atoms with E-state index >= 15 is 0 Å². The van der Waals surface area contributed by atoms with E-state index in [0.29, 0.717) is 12.1 Å². The van der Waals surface area contributed by atoms with Crippen LogP contribution in [0.5, 0.6) is 0 Å². The van der Waals surface area contributed by atoms with Gasteiger partial charge < -0.3 is 9.88 Å². The summed E-state index contributed by atoms with van der Waals surface area (Å²) in [6.45, 7) is 0.652. The molecule has 0 spiro atoms. The Morgan fingerprint density at radius 2 is 2.00 bits per heavy atom. The highest BCUT2D eigenvalue weighted by molar-refractivity contribution is 9.10. The van der Waals surface area contributed by atoms with Crippen LogP contribution in [0.3, 0.4) is 0 Å². The molecule has 0 aliphatic carbocycles. The molecule has 0 radical (unpaired) electrons. The van der Waals surface area contributed by atoms with Crippen molar-refractivity contribution in [3.05, 3.63) is 58.3 Å². The van der Waals surface area contributed by atoms with Gasteiger partial charge in [0.15, 0.2) is 0 Å². The monoisotopic (exact) mass is 306 g/mol. The molecule has 1 heterocycles. The summed E-state index contributed by atoms with van der Waals surface area (Å²) in [4.78, 5) is 11.8. The van der Waals surface area contributed by atoms with Gasteiger partial charge in [0.25, 0.3) is 5.91 Å². The van der Waals surface area contributed by atoms with Crippen molar-refractivity contribution in [1.29, 1.82) is 0 Å². The van der Waals surface area contributed by atoms with E-state index in [9.17, 15) is 4.79 Å². The molecular formula is C14H15BrN2O. The van der Waals surface area contributed by atoms with E-state index in [1.165, 1.54) is 5.56 Å². The van der Waals surface area contributed by atoms with E-state index in [-0.39, 0.29) is 5.91 Å². The maximum absolute atomic E-state index is 11.8. The highest BCUT2D eigenvalue weighted by Crippen LogP contribution is 2.10. The van der Waals surface area contributed by atoms with E-state index in [0.717, 1.165) is 10.9 Å². The van der Waals surface area contributed by atoms with E-state index in [1.807, 2.05) is 42.1 Å². The van der Waals surface area contributed by atoms with E-state index in [4.69, 9.17) is 0 Å². The standard InChI is InChI=1S/C14H15BrN2O/c1-17-9-7-11(10-17)6-8-16-14(18)12-2-4-13(15)5-3-12/h2-5,7,9-10H,6,8H2,1H3,(H,16,18). The Hall–Kier alpha value is -1.55. The van der Waals surface area contributed by atoms with Crippen molar-refractivity contribution in [2.75, 3.05) is 6.54 Å². The molecule has 0 saturated heterocycles. The molecule has 3 nitrogen and oxygen atoms in total. The van der Waals surface area contributed by atoms with Gasteiger partial charge in [-0.2, -0.15) is 0 Å². The smallest absolute Gasteiger partial charge is 0.251 e. The lowest BCUT2D eigenvalue weighted by atomic mass is 10.2. The minimum atomic E-state index is -0.0292. The van der Waals surface area contributed by atoms with Crippen LogP contribution in [0, 0.1) is 0 Å². The Kier molecular flexibility index (Phi) is 4.20. The summed E-state index contributed by atoms with van der Waals surface area (Å²) in [6, 6.07) is 9.41. The van der Waals surface area contributed by atoms with Crippen LogP contribution in [-0.2, 0) is 13.5 Å². The van der Waals surface area contributed by atoms with Gasteiger partial charge in [-0.3, -0.25) is 4.79 Å².